The number of rotatable bonds is 5. The third-order valence-electron chi connectivity index (χ3n) is 4.20. The van der Waals surface area contributed by atoms with E-state index in [-0.39, 0.29) is 23.2 Å². The fourth-order valence-electron chi connectivity index (χ4n) is 2.88. The molecule has 0 aliphatic carbocycles. The summed E-state index contributed by atoms with van der Waals surface area (Å²) in [4.78, 5) is 25.4. The van der Waals surface area contributed by atoms with Gasteiger partial charge in [0.1, 0.15) is 11.4 Å². The highest BCUT2D eigenvalue weighted by Crippen LogP contribution is 2.25. The van der Waals surface area contributed by atoms with Crippen molar-refractivity contribution in [3.63, 3.8) is 0 Å². The second-order valence-corrected chi connectivity index (χ2v) is 7.78. The van der Waals surface area contributed by atoms with Crippen molar-refractivity contribution in [2.24, 2.45) is 5.73 Å². The minimum Gasteiger partial charge on any atom is -0.366 e. The van der Waals surface area contributed by atoms with Crippen molar-refractivity contribution in [1.29, 1.82) is 0 Å². The molecule has 0 radical (unpaired) electrons. The lowest BCUT2D eigenvalue weighted by molar-refractivity contribution is 0.500. The molecule has 128 valence electrons. The second-order valence-electron chi connectivity index (χ2n) is 6.05. The van der Waals surface area contributed by atoms with Crippen LogP contribution in [0.1, 0.15) is 18.4 Å². The molecule has 24 heavy (non-hydrogen) atoms. The van der Waals surface area contributed by atoms with Crippen LogP contribution in [-0.2, 0) is 15.8 Å². The highest BCUT2D eigenvalue weighted by molar-refractivity contribution is 7.91. The molecule has 3 rings (SSSR count). The van der Waals surface area contributed by atoms with Crippen molar-refractivity contribution in [3.05, 3.63) is 56.3 Å². The normalized spacial score (nSPS) is 16.5. The molecule has 0 saturated carbocycles. The number of hydrogen-bond donors (Lipinski definition) is 2. The van der Waals surface area contributed by atoms with Crippen LogP contribution in [0.25, 0.3) is 0 Å². The van der Waals surface area contributed by atoms with E-state index in [1.54, 1.807) is 35.2 Å². The molecule has 0 aromatic heterocycles. The maximum Gasteiger partial charge on any atom is 0.254 e. The molecule has 1 saturated heterocycles. The van der Waals surface area contributed by atoms with E-state index in [1.165, 1.54) is 0 Å². The summed E-state index contributed by atoms with van der Waals surface area (Å²) in [6.07, 6.45) is 1.41. The topological polar surface area (TPSA) is 110 Å². The lowest BCUT2D eigenvalue weighted by atomic mass is 10.0. The first-order chi connectivity index (χ1) is 11.4. The number of nitrogens with zero attached hydrogens (tertiary/aromatic N) is 1. The Morgan fingerprint density at radius 2 is 1.71 bits per heavy atom. The van der Waals surface area contributed by atoms with Crippen LogP contribution < -0.4 is 26.2 Å². The zero-order chi connectivity index (χ0) is 17.3. The molecule has 1 fully saturated rings. The van der Waals surface area contributed by atoms with Gasteiger partial charge in [0, 0.05) is 19.1 Å². The predicted molar refractivity (Wildman–Crippen MR) is 93.5 cm³/mol. The Morgan fingerprint density at radius 3 is 2.33 bits per heavy atom. The fraction of sp³-hybridized carbons (Fsp3) is 0.375. The third kappa shape index (κ3) is 3.34. The molecule has 0 bridgehead atoms. The smallest absolute Gasteiger partial charge is 0.254 e. The second kappa shape index (κ2) is 6.37. The van der Waals surface area contributed by atoms with Crippen LogP contribution in [0.2, 0.25) is 0 Å². The number of benzene rings is 1. The molecule has 0 atom stereocenters. The van der Waals surface area contributed by atoms with Gasteiger partial charge in [-0.2, -0.15) is 0 Å². The molecule has 1 aliphatic heterocycles. The van der Waals surface area contributed by atoms with E-state index in [1.807, 2.05) is 0 Å². The molecule has 3 N–H and O–H groups in total. The lowest BCUT2D eigenvalue weighted by Gasteiger charge is -2.33. The lowest BCUT2D eigenvalue weighted by Crippen LogP contribution is -2.48. The molecular weight excluding hydrogens is 330 g/mol. The summed E-state index contributed by atoms with van der Waals surface area (Å²) in [5.74, 6) is -0.253. The first-order valence-electron chi connectivity index (χ1n) is 7.75. The van der Waals surface area contributed by atoms with E-state index in [0.29, 0.717) is 31.5 Å². The van der Waals surface area contributed by atoms with Gasteiger partial charge in [-0.1, -0.05) is 30.3 Å². The summed E-state index contributed by atoms with van der Waals surface area (Å²) in [7, 11) is -3.77. The van der Waals surface area contributed by atoms with Gasteiger partial charge >= 0.3 is 0 Å². The standard InChI is InChI=1S/C16H19N3O4S/c17-12-6-8-19(9-7-12)14-13(15(20)16(14)21)18-24(22,23)10-11-4-2-1-3-5-11/h1-5,12,18H,6-10,17H2. The molecule has 1 heterocycles. The Morgan fingerprint density at radius 1 is 1.08 bits per heavy atom. The average molecular weight is 349 g/mol. The first kappa shape index (κ1) is 16.7. The monoisotopic (exact) mass is 349 g/mol. The first-order valence-corrected chi connectivity index (χ1v) is 9.41. The van der Waals surface area contributed by atoms with E-state index in [4.69, 9.17) is 5.73 Å². The molecule has 0 spiro atoms. The van der Waals surface area contributed by atoms with Gasteiger partial charge in [-0.25, -0.2) is 8.42 Å². The molecule has 1 aliphatic rings. The van der Waals surface area contributed by atoms with Gasteiger partial charge in [0.25, 0.3) is 10.9 Å². The van der Waals surface area contributed by atoms with Crippen molar-refractivity contribution in [2.75, 3.05) is 22.7 Å². The van der Waals surface area contributed by atoms with Crippen LogP contribution in [0.5, 0.6) is 0 Å². The summed E-state index contributed by atoms with van der Waals surface area (Å²) >= 11 is 0. The predicted octanol–water partition coefficient (Wildman–Crippen LogP) is 0.152. The molecule has 8 heteroatoms. The summed E-state index contributed by atoms with van der Waals surface area (Å²) in [5.41, 5.74) is 5.07. The fourth-order valence-corrected chi connectivity index (χ4v) is 4.09. The highest BCUT2D eigenvalue weighted by atomic mass is 32.2. The SMILES string of the molecule is NC1CCN(c2c(NS(=O)(=O)Cc3ccccc3)c(=O)c2=O)CC1. The van der Waals surface area contributed by atoms with Gasteiger partial charge in [-0.3, -0.25) is 14.3 Å². The highest BCUT2D eigenvalue weighted by Gasteiger charge is 2.30. The molecule has 0 unspecified atom stereocenters. The Bertz CT molecular complexity index is 893. The number of sulfonamides is 1. The van der Waals surface area contributed by atoms with E-state index in [2.05, 4.69) is 4.72 Å². The van der Waals surface area contributed by atoms with E-state index < -0.39 is 20.9 Å². The van der Waals surface area contributed by atoms with Crippen molar-refractivity contribution in [2.45, 2.75) is 24.6 Å². The molecule has 7 nitrogen and oxygen atoms in total. The number of nitrogens with one attached hydrogen (secondary N) is 1. The molecular formula is C16H19N3O4S. The Kier molecular flexibility index (Phi) is 4.42. The van der Waals surface area contributed by atoms with Crippen LogP contribution in [0, 0.1) is 0 Å². The summed E-state index contributed by atoms with van der Waals surface area (Å²) in [5, 5.41) is 0. The van der Waals surface area contributed by atoms with Gasteiger partial charge in [0.2, 0.25) is 10.0 Å². The largest absolute Gasteiger partial charge is 0.366 e. The van der Waals surface area contributed by atoms with E-state index in [0.717, 1.165) is 0 Å². The number of anilines is 2. The molecule has 0 amide bonds. The van der Waals surface area contributed by atoms with Crippen molar-refractivity contribution >= 4 is 21.4 Å². The van der Waals surface area contributed by atoms with Gasteiger partial charge in [-0.05, 0) is 18.4 Å². The van der Waals surface area contributed by atoms with Gasteiger partial charge < -0.3 is 10.6 Å². The number of nitrogens with two attached hydrogens (primary N) is 1. The summed E-state index contributed by atoms with van der Waals surface area (Å²) in [6.45, 7) is 1.08. The van der Waals surface area contributed by atoms with Crippen molar-refractivity contribution < 1.29 is 8.42 Å². The van der Waals surface area contributed by atoms with Gasteiger partial charge in [0.05, 0.1) is 5.75 Å². The quantitative estimate of drug-likeness (QED) is 0.744. The average Bonchev–Trinajstić information content (AvgIpc) is 2.56. The van der Waals surface area contributed by atoms with Gasteiger partial charge in [-0.15, -0.1) is 0 Å². The Balaban J connectivity index is 1.79. The summed E-state index contributed by atoms with van der Waals surface area (Å²) < 4.78 is 26.9. The number of piperidine rings is 1. The van der Waals surface area contributed by atoms with Crippen LogP contribution in [0.4, 0.5) is 11.4 Å². The summed E-state index contributed by atoms with van der Waals surface area (Å²) in [6, 6.07) is 8.72. The zero-order valence-electron chi connectivity index (χ0n) is 13.1. The Labute approximate surface area is 139 Å². The van der Waals surface area contributed by atoms with Crippen LogP contribution in [0.3, 0.4) is 0 Å². The minimum atomic E-state index is -3.77. The van der Waals surface area contributed by atoms with Crippen LogP contribution in [-0.4, -0.2) is 27.5 Å². The maximum atomic E-state index is 12.3. The molecule has 2 aromatic carbocycles. The van der Waals surface area contributed by atoms with Crippen molar-refractivity contribution in [3.8, 4) is 0 Å². The van der Waals surface area contributed by atoms with Crippen LogP contribution >= 0.6 is 0 Å². The maximum absolute atomic E-state index is 12.3. The van der Waals surface area contributed by atoms with Crippen LogP contribution in [0.15, 0.2) is 39.9 Å². The third-order valence-corrected chi connectivity index (χ3v) is 5.43. The molecule has 2 aromatic rings. The minimum absolute atomic E-state index is 0.0750. The van der Waals surface area contributed by atoms with E-state index in [9.17, 15) is 18.0 Å². The Hall–Kier alpha value is -2.19. The van der Waals surface area contributed by atoms with Crippen molar-refractivity contribution in [1.82, 2.24) is 0 Å². The zero-order valence-corrected chi connectivity index (χ0v) is 13.9. The van der Waals surface area contributed by atoms with E-state index >= 15 is 0 Å². The van der Waals surface area contributed by atoms with Gasteiger partial charge in [0.15, 0.2) is 0 Å². The number of hydrogen-bond acceptors (Lipinski definition) is 6.